The van der Waals surface area contributed by atoms with E-state index >= 15 is 0 Å². The first kappa shape index (κ1) is 12.9. The highest BCUT2D eigenvalue weighted by atomic mass is 19.4. The lowest BCUT2D eigenvalue weighted by atomic mass is 10.3. The maximum Gasteiger partial charge on any atom is 0.573 e. The molecule has 0 amide bonds. The van der Waals surface area contributed by atoms with Crippen molar-refractivity contribution in [3.63, 3.8) is 0 Å². The van der Waals surface area contributed by atoms with Gasteiger partial charge in [-0.15, -0.1) is 13.2 Å². The zero-order chi connectivity index (χ0) is 13.9. The van der Waals surface area contributed by atoms with Gasteiger partial charge in [0.1, 0.15) is 0 Å². The molecule has 0 atom stereocenters. The fraction of sp³-hybridized carbons (Fsp3) is 0.0909. The van der Waals surface area contributed by atoms with Gasteiger partial charge in [0.05, 0.1) is 5.69 Å². The van der Waals surface area contributed by atoms with Crippen LogP contribution in [0, 0.1) is 0 Å². The van der Waals surface area contributed by atoms with Crippen molar-refractivity contribution in [2.45, 2.75) is 6.36 Å². The summed E-state index contributed by atoms with van der Waals surface area (Å²) in [6.07, 6.45) is -2.03. The highest BCUT2D eigenvalue weighted by molar-refractivity contribution is 5.69. The molecule has 0 aliphatic carbocycles. The summed E-state index contributed by atoms with van der Waals surface area (Å²) >= 11 is 0. The number of rotatable bonds is 3. The fourth-order valence-electron chi connectivity index (χ4n) is 1.36. The zero-order valence-electron chi connectivity index (χ0n) is 9.48. The van der Waals surface area contributed by atoms with Crippen LogP contribution in [0.2, 0.25) is 0 Å². The Morgan fingerprint density at radius 2 is 1.79 bits per heavy atom. The molecule has 0 aliphatic rings. The molecule has 0 bridgehead atoms. The SMILES string of the molecule is Nc1nccnc1Nc1ccccc1OC(F)(F)F. The van der Waals surface area contributed by atoms with Crippen molar-refractivity contribution in [1.82, 2.24) is 9.97 Å². The molecule has 1 aromatic heterocycles. The van der Waals surface area contributed by atoms with Gasteiger partial charge in [0, 0.05) is 12.4 Å². The van der Waals surface area contributed by atoms with Crippen molar-refractivity contribution in [3.05, 3.63) is 36.7 Å². The quantitative estimate of drug-likeness (QED) is 0.897. The standard InChI is InChI=1S/C11H9F3N4O/c12-11(13,14)19-8-4-2-1-3-7(8)18-10-9(15)16-5-6-17-10/h1-6H,(H2,15,16)(H,17,18). The van der Waals surface area contributed by atoms with Crippen LogP contribution in [0.4, 0.5) is 30.5 Å². The van der Waals surface area contributed by atoms with Crippen LogP contribution in [0.3, 0.4) is 0 Å². The largest absolute Gasteiger partial charge is 0.573 e. The van der Waals surface area contributed by atoms with E-state index < -0.39 is 6.36 Å². The van der Waals surface area contributed by atoms with Gasteiger partial charge in [0.25, 0.3) is 0 Å². The summed E-state index contributed by atoms with van der Waals surface area (Å²) < 4.78 is 40.6. The van der Waals surface area contributed by atoms with Crippen LogP contribution in [-0.4, -0.2) is 16.3 Å². The molecule has 0 radical (unpaired) electrons. The van der Waals surface area contributed by atoms with Gasteiger partial charge < -0.3 is 15.8 Å². The summed E-state index contributed by atoms with van der Waals surface area (Å²) in [5.41, 5.74) is 5.64. The second-order valence-corrected chi connectivity index (χ2v) is 3.46. The van der Waals surface area contributed by atoms with Gasteiger partial charge >= 0.3 is 6.36 Å². The third kappa shape index (κ3) is 3.47. The summed E-state index contributed by atoms with van der Waals surface area (Å²) in [4.78, 5) is 7.65. The van der Waals surface area contributed by atoms with E-state index in [1.807, 2.05) is 0 Å². The van der Waals surface area contributed by atoms with Gasteiger partial charge in [0.15, 0.2) is 17.4 Å². The minimum Gasteiger partial charge on any atom is -0.404 e. The van der Waals surface area contributed by atoms with E-state index in [9.17, 15) is 13.2 Å². The first-order valence-electron chi connectivity index (χ1n) is 5.14. The van der Waals surface area contributed by atoms with Crippen molar-refractivity contribution in [2.24, 2.45) is 0 Å². The predicted molar refractivity (Wildman–Crippen MR) is 62.9 cm³/mol. The first-order chi connectivity index (χ1) is 8.96. The Morgan fingerprint density at radius 1 is 1.11 bits per heavy atom. The fourth-order valence-corrected chi connectivity index (χ4v) is 1.36. The molecule has 1 heterocycles. The monoisotopic (exact) mass is 270 g/mol. The van der Waals surface area contributed by atoms with Crippen LogP contribution in [0.5, 0.6) is 5.75 Å². The van der Waals surface area contributed by atoms with Crippen molar-refractivity contribution in [2.75, 3.05) is 11.1 Å². The highest BCUT2D eigenvalue weighted by Crippen LogP contribution is 2.32. The summed E-state index contributed by atoms with van der Waals surface area (Å²) in [5.74, 6) is -0.148. The number of para-hydroxylation sites is 2. The van der Waals surface area contributed by atoms with Gasteiger partial charge in [0.2, 0.25) is 0 Å². The molecule has 0 aliphatic heterocycles. The van der Waals surface area contributed by atoms with E-state index in [2.05, 4.69) is 20.0 Å². The maximum atomic E-state index is 12.2. The molecule has 19 heavy (non-hydrogen) atoms. The third-order valence-electron chi connectivity index (χ3n) is 2.09. The Balaban J connectivity index is 2.28. The lowest BCUT2D eigenvalue weighted by Gasteiger charge is -2.14. The van der Waals surface area contributed by atoms with Crippen LogP contribution < -0.4 is 15.8 Å². The number of benzene rings is 1. The number of hydrogen-bond acceptors (Lipinski definition) is 5. The molecule has 3 N–H and O–H groups in total. The first-order valence-corrected chi connectivity index (χ1v) is 5.14. The average molecular weight is 270 g/mol. The molecule has 8 heteroatoms. The van der Waals surface area contributed by atoms with E-state index in [0.717, 1.165) is 0 Å². The van der Waals surface area contributed by atoms with E-state index in [4.69, 9.17) is 5.73 Å². The number of nitrogens with zero attached hydrogens (tertiary/aromatic N) is 2. The Bertz CT molecular complexity index is 574. The molecule has 0 spiro atoms. The normalized spacial score (nSPS) is 11.1. The van der Waals surface area contributed by atoms with Crippen molar-refractivity contribution in [1.29, 1.82) is 0 Å². The molecule has 0 fully saturated rings. The molecule has 0 saturated carbocycles. The minimum atomic E-state index is -4.77. The van der Waals surface area contributed by atoms with E-state index in [0.29, 0.717) is 0 Å². The summed E-state index contributed by atoms with van der Waals surface area (Å²) in [6.45, 7) is 0. The number of alkyl halides is 3. The Hall–Kier alpha value is -2.51. The average Bonchev–Trinajstić information content (AvgIpc) is 2.33. The summed E-state index contributed by atoms with van der Waals surface area (Å²) in [6, 6.07) is 5.57. The molecule has 2 rings (SSSR count). The second-order valence-electron chi connectivity index (χ2n) is 3.46. The molecular weight excluding hydrogens is 261 g/mol. The predicted octanol–water partition coefficient (Wildman–Crippen LogP) is 2.70. The van der Waals surface area contributed by atoms with Crippen molar-refractivity contribution >= 4 is 17.3 Å². The second kappa shape index (κ2) is 5.01. The van der Waals surface area contributed by atoms with Crippen molar-refractivity contribution in [3.8, 4) is 5.75 Å². The van der Waals surface area contributed by atoms with Gasteiger partial charge in [-0.3, -0.25) is 0 Å². The molecule has 0 unspecified atom stereocenters. The number of halogens is 3. The van der Waals surface area contributed by atoms with Crippen LogP contribution in [0.15, 0.2) is 36.7 Å². The summed E-state index contributed by atoms with van der Waals surface area (Å²) in [5, 5.41) is 2.64. The molecule has 5 nitrogen and oxygen atoms in total. The van der Waals surface area contributed by atoms with E-state index in [1.165, 1.54) is 30.6 Å². The lowest BCUT2D eigenvalue weighted by Crippen LogP contribution is -2.18. The van der Waals surface area contributed by atoms with Crippen LogP contribution in [0.25, 0.3) is 0 Å². The Kier molecular flexibility index (Phi) is 3.41. The number of hydrogen-bond donors (Lipinski definition) is 2. The molecular formula is C11H9F3N4O. The Labute approximate surface area is 106 Å². The Morgan fingerprint density at radius 3 is 2.47 bits per heavy atom. The minimum absolute atomic E-state index is 0.0734. The van der Waals surface area contributed by atoms with Gasteiger partial charge in [-0.2, -0.15) is 0 Å². The van der Waals surface area contributed by atoms with Crippen LogP contribution in [-0.2, 0) is 0 Å². The van der Waals surface area contributed by atoms with Crippen molar-refractivity contribution < 1.29 is 17.9 Å². The molecule has 2 aromatic rings. The topological polar surface area (TPSA) is 73.1 Å². The highest BCUT2D eigenvalue weighted by Gasteiger charge is 2.32. The number of anilines is 3. The number of nitrogens with one attached hydrogen (secondary N) is 1. The molecule has 0 saturated heterocycles. The maximum absolute atomic E-state index is 12.2. The molecule has 1 aromatic carbocycles. The number of ether oxygens (including phenoxy) is 1. The van der Waals surface area contributed by atoms with Gasteiger partial charge in [-0.25, -0.2) is 9.97 Å². The number of nitrogens with two attached hydrogens (primary N) is 1. The van der Waals surface area contributed by atoms with Crippen LogP contribution >= 0.6 is 0 Å². The summed E-state index contributed by atoms with van der Waals surface area (Å²) in [7, 11) is 0. The number of aromatic nitrogens is 2. The van der Waals surface area contributed by atoms with E-state index in [1.54, 1.807) is 6.07 Å². The lowest BCUT2D eigenvalue weighted by molar-refractivity contribution is -0.274. The van der Waals surface area contributed by atoms with Gasteiger partial charge in [-0.05, 0) is 12.1 Å². The van der Waals surface area contributed by atoms with Gasteiger partial charge in [-0.1, -0.05) is 12.1 Å². The smallest absolute Gasteiger partial charge is 0.404 e. The third-order valence-corrected chi connectivity index (χ3v) is 2.09. The van der Waals surface area contributed by atoms with Crippen LogP contribution in [0.1, 0.15) is 0 Å². The molecule has 100 valence electrons. The zero-order valence-corrected chi connectivity index (χ0v) is 9.48. The number of nitrogen functional groups attached to an aromatic ring is 1. The van der Waals surface area contributed by atoms with E-state index in [-0.39, 0.29) is 23.1 Å².